The normalized spacial score (nSPS) is 13.8. The highest BCUT2D eigenvalue weighted by atomic mass is 32.1. The Morgan fingerprint density at radius 1 is 0.810 bits per heavy atom. The van der Waals surface area contributed by atoms with E-state index >= 15 is 0 Å². The van der Waals surface area contributed by atoms with Crippen molar-refractivity contribution in [3.63, 3.8) is 0 Å². The van der Waals surface area contributed by atoms with E-state index in [2.05, 4.69) is 10.3 Å². The van der Waals surface area contributed by atoms with Crippen LogP contribution in [0.5, 0.6) is 0 Å². The lowest BCUT2D eigenvalue weighted by Crippen LogP contribution is -2.50. The highest BCUT2D eigenvalue weighted by molar-refractivity contribution is 7.12. The number of carbonyl (C=O) groups is 6. The number of benzene rings is 2. The third kappa shape index (κ3) is 13.5. The van der Waals surface area contributed by atoms with Gasteiger partial charge in [-0.3, -0.25) is 14.4 Å². The van der Waals surface area contributed by atoms with Crippen molar-refractivity contribution in [1.29, 1.82) is 0 Å². The smallest absolute Gasteiger partial charge is 0.436 e. The zero-order chi connectivity index (χ0) is 43.0. The molecule has 1 aliphatic rings. The Morgan fingerprint density at radius 3 is 1.93 bits per heavy atom. The maximum Gasteiger partial charge on any atom is 0.436 e. The molecule has 1 aromatic heterocycles. The highest BCUT2D eigenvalue weighted by Crippen LogP contribution is 2.29. The van der Waals surface area contributed by atoms with Crippen LogP contribution in [0, 0.1) is 0 Å². The number of amidine groups is 1. The van der Waals surface area contributed by atoms with Gasteiger partial charge in [0.15, 0.2) is 5.84 Å². The molecule has 58 heavy (non-hydrogen) atoms. The van der Waals surface area contributed by atoms with E-state index in [-0.39, 0.29) is 35.8 Å². The first-order valence-electron chi connectivity index (χ1n) is 19.1. The number of amides is 5. The molecule has 2 aromatic carbocycles. The number of nitrogens with zero attached hydrogens (tertiary/aromatic N) is 3. The Bertz CT molecular complexity index is 1980. The third-order valence-electron chi connectivity index (χ3n) is 8.10. The van der Waals surface area contributed by atoms with Crippen molar-refractivity contribution < 1.29 is 47.7 Å². The number of esters is 1. The number of carbonyl (C=O) groups excluding carboxylic acids is 6. The van der Waals surface area contributed by atoms with E-state index in [1.807, 2.05) is 36.4 Å². The van der Waals surface area contributed by atoms with Crippen molar-refractivity contribution in [2.75, 3.05) is 13.2 Å². The predicted octanol–water partition coefficient (Wildman–Crippen LogP) is 7.63. The fourth-order valence-corrected chi connectivity index (χ4v) is 6.94. The molecule has 0 saturated heterocycles. The minimum atomic E-state index is -1.16. The van der Waals surface area contributed by atoms with Crippen LogP contribution in [0.3, 0.4) is 0 Å². The average molecular weight is 819 g/mol. The van der Waals surface area contributed by atoms with Gasteiger partial charge in [-0.1, -0.05) is 42.5 Å². The van der Waals surface area contributed by atoms with Crippen molar-refractivity contribution >= 4 is 53.2 Å². The number of nitrogens with one attached hydrogen (secondary N) is 1. The molecular weight excluding hydrogens is 765 g/mol. The Morgan fingerprint density at radius 2 is 1.38 bits per heavy atom. The van der Waals surface area contributed by atoms with Gasteiger partial charge < -0.3 is 29.2 Å². The summed E-state index contributed by atoms with van der Waals surface area (Å²) in [6.07, 6.45) is -2.41. The lowest BCUT2D eigenvalue weighted by Gasteiger charge is -2.31. The number of imide groups is 1. The third-order valence-corrected chi connectivity index (χ3v) is 9.34. The Labute approximate surface area is 343 Å². The molecule has 312 valence electrons. The molecule has 5 amide bonds. The van der Waals surface area contributed by atoms with Gasteiger partial charge >= 0.3 is 24.2 Å². The highest BCUT2D eigenvalue weighted by Gasteiger charge is 2.37. The van der Waals surface area contributed by atoms with Crippen LogP contribution in [-0.2, 0) is 54.3 Å². The van der Waals surface area contributed by atoms with Crippen LogP contribution in [0.1, 0.15) is 106 Å². The zero-order valence-electron chi connectivity index (χ0n) is 34.9. The van der Waals surface area contributed by atoms with Gasteiger partial charge in [0.05, 0.1) is 13.0 Å². The second-order valence-electron chi connectivity index (χ2n) is 16.7. The first-order chi connectivity index (χ1) is 27.0. The standard InChI is InChI=1S/C43H54N4O10S/c1-11-54-34(48)25-31-24-30-26-46(22-21-33(30)58-31)37(50)32(23-27-15-13-12-14-16-27)44-36(49)29-19-17-28(18-20-29)35(45-38(51)55-41(2,3)4)47(39(52)56-42(5,6)7)40(53)57-43(8,9)10/h12-20,24,32H,11,21-23,25-26H2,1-10H3,(H,44,49)/b45-35+/t32-/m0/s1. The Hall–Kier alpha value is -5.57. The summed E-state index contributed by atoms with van der Waals surface area (Å²) in [4.78, 5) is 88.7. The van der Waals surface area contributed by atoms with E-state index in [1.54, 1.807) is 85.5 Å². The van der Waals surface area contributed by atoms with Crippen LogP contribution in [0.25, 0.3) is 0 Å². The molecule has 15 heteroatoms. The number of hydrogen-bond donors (Lipinski definition) is 1. The molecule has 0 unspecified atom stereocenters. The van der Waals surface area contributed by atoms with Gasteiger partial charge in [-0.05, 0) is 105 Å². The van der Waals surface area contributed by atoms with Gasteiger partial charge in [-0.25, -0.2) is 14.4 Å². The molecule has 4 rings (SSSR count). The van der Waals surface area contributed by atoms with Crippen molar-refractivity contribution in [3.8, 4) is 0 Å². The second kappa shape index (κ2) is 18.8. The SMILES string of the molecule is CCOC(=O)Cc1cc2c(s1)CCN(C(=O)[C@H](Cc1ccccc1)NC(=O)c1ccc(/C(=N\C(=O)OC(C)(C)C)N(C(=O)OC(C)(C)C)C(=O)OC(C)(C)C)cc1)C2. The molecule has 0 radical (unpaired) electrons. The molecule has 3 aromatic rings. The summed E-state index contributed by atoms with van der Waals surface area (Å²) in [6, 6.07) is 16.0. The lowest BCUT2D eigenvalue weighted by molar-refractivity contribution is -0.142. The van der Waals surface area contributed by atoms with Gasteiger partial charge in [0.25, 0.3) is 5.91 Å². The van der Waals surface area contributed by atoms with Crippen LogP contribution < -0.4 is 5.32 Å². The van der Waals surface area contributed by atoms with Gasteiger partial charge in [0.2, 0.25) is 5.91 Å². The fraction of sp³-hybridized carbons (Fsp3) is 0.465. The first-order valence-corrected chi connectivity index (χ1v) is 19.9. The van der Waals surface area contributed by atoms with E-state index in [9.17, 15) is 28.8 Å². The summed E-state index contributed by atoms with van der Waals surface area (Å²) in [5, 5.41) is 2.91. The topological polar surface area (TPSA) is 170 Å². The minimum Gasteiger partial charge on any atom is -0.466 e. The second-order valence-corrected chi connectivity index (χ2v) is 17.9. The van der Waals surface area contributed by atoms with Crippen LogP contribution >= 0.6 is 11.3 Å². The van der Waals surface area contributed by atoms with Gasteiger partial charge in [-0.15, -0.1) is 11.3 Å². The Balaban J connectivity index is 1.64. The van der Waals surface area contributed by atoms with Crippen molar-refractivity contribution in [2.45, 2.75) is 118 Å². The molecule has 14 nitrogen and oxygen atoms in total. The number of thiophene rings is 1. The maximum absolute atomic E-state index is 14.2. The predicted molar refractivity (Wildman–Crippen MR) is 219 cm³/mol. The van der Waals surface area contributed by atoms with Crippen LogP contribution in [0.2, 0.25) is 0 Å². The van der Waals surface area contributed by atoms with Crippen LogP contribution in [0.15, 0.2) is 65.7 Å². The fourth-order valence-electron chi connectivity index (χ4n) is 5.78. The van der Waals surface area contributed by atoms with Gasteiger partial charge in [0, 0.05) is 40.4 Å². The summed E-state index contributed by atoms with van der Waals surface area (Å²) >= 11 is 1.54. The molecule has 0 spiro atoms. The summed E-state index contributed by atoms with van der Waals surface area (Å²) in [5.74, 6) is -1.59. The quantitative estimate of drug-likeness (QED) is 0.0980. The molecule has 1 atom stereocenters. The number of ether oxygens (including phenoxy) is 4. The van der Waals surface area contributed by atoms with Crippen LogP contribution in [0.4, 0.5) is 14.4 Å². The van der Waals surface area contributed by atoms with E-state index in [0.29, 0.717) is 31.0 Å². The van der Waals surface area contributed by atoms with Gasteiger partial charge in [0.1, 0.15) is 22.8 Å². The largest absolute Gasteiger partial charge is 0.466 e. The van der Waals surface area contributed by atoms with E-state index in [1.165, 1.54) is 24.3 Å². The maximum atomic E-state index is 14.2. The summed E-state index contributed by atoms with van der Waals surface area (Å²) < 4.78 is 21.6. The number of rotatable bonds is 9. The number of aliphatic imine (C=N–C) groups is 1. The summed E-state index contributed by atoms with van der Waals surface area (Å²) in [5.41, 5.74) is -1.02. The van der Waals surface area contributed by atoms with Gasteiger partial charge in [-0.2, -0.15) is 9.89 Å². The average Bonchev–Trinajstić information content (AvgIpc) is 3.50. The van der Waals surface area contributed by atoms with Crippen molar-refractivity contribution in [3.05, 3.63) is 92.7 Å². The van der Waals surface area contributed by atoms with E-state index in [0.717, 1.165) is 20.9 Å². The monoisotopic (exact) mass is 818 g/mol. The molecule has 0 bridgehead atoms. The first kappa shape index (κ1) is 45.1. The Kier molecular flexibility index (Phi) is 14.6. The van der Waals surface area contributed by atoms with Crippen LogP contribution in [-0.4, -0.2) is 87.7 Å². The molecule has 1 aliphatic heterocycles. The van der Waals surface area contributed by atoms with E-state index < -0.39 is 52.9 Å². The molecule has 0 saturated carbocycles. The summed E-state index contributed by atoms with van der Waals surface area (Å²) in [6.45, 7) is 17.4. The van der Waals surface area contributed by atoms with Crippen molar-refractivity contribution in [1.82, 2.24) is 15.1 Å². The molecule has 2 heterocycles. The number of hydrogen-bond acceptors (Lipinski definition) is 11. The lowest BCUT2D eigenvalue weighted by atomic mass is 10.0. The van der Waals surface area contributed by atoms with Crippen molar-refractivity contribution in [2.24, 2.45) is 4.99 Å². The summed E-state index contributed by atoms with van der Waals surface area (Å²) in [7, 11) is 0. The number of fused-ring (bicyclic) bond motifs is 1. The minimum absolute atomic E-state index is 0.0817. The molecular formula is C43H54N4O10S. The zero-order valence-corrected chi connectivity index (χ0v) is 35.7. The van der Waals surface area contributed by atoms with E-state index in [4.69, 9.17) is 18.9 Å². The molecule has 0 aliphatic carbocycles. The molecule has 0 fully saturated rings. The molecule has 1 N–H and O–H groups in total.